The van der Waals surface area contributed by atoms with Gasteiger partial charge in [-0.25, -0.2) is 0 Å². The number of hydrogen-bond donors (Lipinski definition) is 0. The van der Waals surface area contributed by atoms with Gasteiger partial charge in [-0.1, -0.05) is 0 Å². The van der Waals surface area contributed by atoms with Crippen molar-refractivity contribution in [2.75, 3.05) is 12.9 Å². The molecule has 0 aromatic heterocycles. The van der Waals surface area contributed by atoms with Crippen molar-refractivity contribution in [2.45, 2.75) is 51.8 Å². The number of rotatable bonds is 6. The Balaban J connectivity index is 2.87. The molecule has 0 unspecified atom stereocenters. The van der Waals surface area contributed by atoms with Gasteiger partial charge in [-0.2, -0.15) is 0 Å². The first kappa shape index (κ1) is 18.0. The molecule has 0 aliphatic carbocycles. The second kappa shape index (κ2) is 7.82. The molecular formula is C14H22O6S. The summed E-state index contributed by atoms with van der Waals surface area (Å²) in [7, 11) is 0. The van der Waals surface area contributed by atoms with Gasteiger partial charge in [-0.05, 0) is 31.6 Å². The van der Waals surface area contributed by atoms with E-state index in [-0.39, 0.29) is 12.7 Å². The van der Waals surface area contributed by atoms with Crippen LogP contribution in [-0.2, 0) is 28.5 Å². The standard InChI is InChI=1S/C14H22O6S/c1-9(15)17-8-12(18-10(2)16)13-11(6-7-21-5)19-14(3,4)20-13/h6-7,11-13H,8H2,1-5H3/b7-6-/t11-,12+,13-/m0/s1. The Morgan fingerprint density at radius 2 is 1.95 bits per heavy atom. The largest absolute Gasteiger partial charge is 0.462 e. The van der Waals surface area contributed by atoms with E-state index in [9.17, 15) is 9.59 Å². The van der Waals surface area contributed by atoms with Crippen LogP contribution in [0.1, 0.15) is 27.7 Å². The topological polar surface area (TPSA) is 71.1 Å². The lowest BCUT2D eigenvalue weighted by molar-refractivity contribution is -0.177. The lowest BCUT2D eigenvalue weighted by atomic mass is 10.1. The van der Waals surface area contributed by atoms with E-state index in [1.165, 1.54) is 25.6 Å². The first-order chi connectivity index (χ1) is 9.75. The van der Waals surface area contributed by atoms with Crippen molar-refractivity contribution in [2.24, 2.45) is 0 Å². The second-order valence-corrected chi connectivity index (χ2v) is 5.82. The van der Waals surface area contributed by atoms with E-state index in [4.69, 9.17) is 18.9 Å². The van der Waals surface area contributed by atoms with Gasteiger partial charge >= 0.3 is 11.9 Å². The number of carbonyl (C=O) groups is 2. The fourth-order valence-corrected chi connectivity index (χ4v) is 2.33. The quantitative estimate of drug-likeness (QED) is 0.692. The van der Waals surface area contributed by atoms with Gasteiger partial charge in [0, 0.05) is 13.8 Å². The smallest absolute Gasteiger partial charge is 0.303 e. The third kappa shape index (κ3) is 6.07. The molecule has 120 valence electrons. The van der Waals surface area contributed by atoms with Crippen LogP contribution in [0.4, 0.5) is 0 Å². The van der Waals surface area contributed by atoms with E-state index in [1.807, 2.05) is 17.7 Å². The van der Waals surface area contributed by atoms with Crippen LogP contribution in [0.2, 0.25) is 0 Å². The average Bonchev–Trinajstić information content (AvgIpc) is 2.66. The second-order valence-electron chi connectivity index (χ2n) is 5.08. The van der Waals surface area contributed by atoms with E-state index in [0.717, 1.165) is 0 Å². The molecule has 0 N–H and O–H groups in total. The molecule has 1 aliphatic rings. The number of ether oxygens (including phenoxy) is 4. The van der Waals surface area contributed by atoms with Crippen molar-refractivity contribution >= 4 is 23.7 Å². The van der Waals surface area contributed by atoms with Crippen molar-refractivity contribution < 1.29 is 28.5 Å². The Bertz CT molecular complexity index is 406. The SMILES string of the molecule is CS/C=C\[C@@H]1OC(C)(C)O[C@@H]1[C@@H](COC(C)=O)OC(C)=O. The molecular weight excluding hydrogens is 296 g/mol. The van der Waals surface area contributed by atoms with E-state index in [0.29, 0.717) is 0 Å². The van der Waals surface area contributed by atoms with Crippen molar-refractivity contribution in [1.82, 2.24) is 0 Å². The van der Waals surface area contributed by atoms with Crippen LogP contribution in [0.25, 0.3) is 0 Å². The van der Waals surface area contributed by atoms with E-state index in [1.54, 1.807) is 13.8 Å². The highest BCUT2D eigenvalue weighted by Crippen LogP contribution is 2.32. The predicted octanol–water partition coefficient (Wildman–Crippen LogP) is 1.88. The number of esters is 2. The van der Waals surface area contributed by atoms with E-state index < -0.39 is 29.9 Å². The maximum Gasteiger partial charge on any atom is 0.303 e. The molecule has 3 atom stereocenters. The van der Waals surface area contributed by atoms with Crippen LogP contribution in [0.3, 0.4) is 0 Å². The van der Waals surface area contributed by atoms with Crippen molar-refractivity contribution in [3.63, 3.8) is 0 Å². The zero-order valence-electron chi connectivity index (χ0n) is 13.0. The molecule has 1 rings (SSSR count). The fraction of sp³-hybridized carbons (Fsp3) is 0.714. The molecule has 1 heterocycles. The average molecular weight is 318 g/mol. The molecule has 0 aromatic carbocycles. The fourth-order valence-electron chi connectivity index (χ4n) is 2.02. The van der Waals surface area contributed by atoms with Gasteiger partial charge in [-0.15, -0.1) is 11.8 Å². The Hall–Kier alpha value is -1.05. The minimum Gasteiger partial charge on any atom is -0.462 e. The van der Waals surface area contributed by atoms with Gasteiger partial charge in [0.05, 0.1) is 0 Å². The van der Waals surface area contributed by atoms with Crippen LogP contribution in [0.15, 0.2) is 11.5 Å². The summed E-state index contributed by atoms with van der Waals surface area (Å²) in [6.45, 7) is 6.09. The summed E-state index contributed by atoms with van der Waals surface area (Å²) < 4.78 is 21.8. The van der Waals surface area contributed by atoms with Gasteiger partial charge in [0.25, 0.3) is 0 Å². The van der Waals surface area contributed by atoms with Crippen molar-refractivity contribution in [3.05, 3.63) is 11.5 Å². The van der Waals surface area contributed by atoms with E-state index in [2.05, 4.69) is 0 Å². The third-order valence-electron chi connectivity index (χ3n) is 2.70. The number of hydrogen-bond acceptors (Lipinski definition) is 7. The molecule has 0 radical (unpaired) electrons. The van der Waals surface area contributed by atoms with Gasteiger partial charge in [0.15, 0.2) is 11.9 Å². The molecule has 0 aromatic rings. The Morgan fingerprint density at radius 3 is 2.48 bits per heavy atom. The zero-order valence-corrected chi connectivity index (χ0v) is 13.8. The summed E-state index contributed by atoms with van der Waals surface area (Å²) in [6, 6.07) is 0. The molecule has 0 spiro atoms. The lowest BCUT2D eigenvalue weighted by Crippen LogP contribution is -2.41. The Morgan fingerprint density at radius 1 is 1.29 bits per heavy atom. The van der Waals surface area contributed by atoms with Gasteiger partial charge < -0.3 is 18.9 Å². The molecule has 0 saturated carbocycles. The molecule has 21 heavy (non-hydrogen) atoms. The maximum absolute atomic E-state index is 11.3. The minimum absolute atomic E-state index is 0.0668. The predicted molar refractivity (Wildman–Crippen MR) is 78.7 cm³/mol. The number of thioether (sulfide) groups is 1. The summed E-state index contributed by atoms with van der Waals surface area (Å²) >= 11 is 1.53. The first-order valence-corrected chi connectivity index (χ1v) is 7.89. The molecule has 6 nitrogen and oxygen atoms in total. The molecule has 1 fully saturated rings. The first-order valence-electron chi connectivity index (χ1n) is 6.61. The van der Waals surface area contributed by atoms with Crippen LogP contribution in [0, 0.1) is 0 Å². The van der Waals surface area contributed by atoms with Crippen LogP contribution < -0.4 is 0 Å². The zero-order chi connectivity index (χ0) is 16.0. The Labute approximate surface area is 129 Å². The van der Waals surface area contributed by atoms with Gasteiger partial charge in [0.1, 0.15) is 18.8 Å². The van der Waals surface area contributed by atoms with Crippen LogP contribution in [-0.4, -0.2) is 48.9 Å². The summed E-state index contributed by atoms with van der Waals surface area (Å²) in [5, 5.41) is 1.87. The summed E-state index contributed by atoms with van der Waals surface area (Å²) in [5.41, 5.74) is 0. The highest BCUT2D eigenvalue weighted by molar-refractivity contribution is 8.01. The summed E-state index contributed by atoms with van der Waals surface area (Å²) in [4.78, 5) is 22.2. The van der Waals surface area contributed by atoms with Crippen LogP contribution in [0.5, 0.6) is 0 Å². The molecule has 1 aliphatic heterocycles. The highest BCUT2D eigenvalue weighted by Gasteiger charge is 2.45. The molecule has 0 amide bonds. The minimum atomic E-state index is -0.799. The third-order valence-corrected chi connectivity index (χ3v) is 3.13. The van der Waals surface area contributed by atoms with Crippen molar-refractivity contribution in [3.8, 4) is 0 Å². The molecule has 0 bridgehead atoms. The normalized spacial score (nSPS) is 25.8. The lowest BCUT2D eigenvalue weighted by Gasteiger charge is -2.24. The maximum atomic E-state index is 11.3. The highest BCUT2D eigenvalue weighted by atomic mass is 32.2. The molecule has 7 heteroatoms. The van der Waals surface area contributed by atoms with Crippen LogP contribution >= 0.6 is 11.8 Å². The van der Waals surface area contributed by atoms with Crippen molar-refractivity contribution in [1.29, 1.82) is 0 Å². The van der Waals surface area contributed by atoms with E-state index >= 15 is 0 Å². The molecule has 1 saturated heterocycles. The monoisotopic (exact) mass is 318 g/mol. The summed E-state index contributed by atoms with van der Waals surface area (Å²) in [5.74, 6) is -1.71. The number of carbonyl (C=O) groups excluding carboxylic acids is 2. The summed E-state index contributed by atoms with van der Waals surface area (Å²) in [6.07, 6.45) is 2.13. The Kier molecular flexibility index (Phi) is 6.70. The van der Waals surface area contributed by atoms with Gasteiger partial charge in [-0.3, -0.25) is 9.59 Å². The van der Waals surface area contributed by atoms with Gasteiger partial charge in [0.2, 0.25) is 0 Å².